The van der Waals surface area contributed by atoms with E-state index in [2.05, 4.69) is 83.5 Å². The van der Waals surface area contributed by atoms with E-state index >= 15 is 0 Å². The highest BCUT2D eigenvalue weighted by atomic mass is 32.2. The monoisotopic (exact) mass is 484 g/mol. The molecular formula is C28H44N4OS. The van der Waals surface area contributed by atoms with Crippen LogP contribution in [-0.2, 0) is 17.6 Å². The van der Waals surface area contributed by atoms with Gasteiger partial charge < -0.3 is 21.7 Å². The minimum atomic E-state index is -0.296. The van der Waals surface area contributed by atoms with E-state index in [4.69, 9.17) is 5.73 Å². The fourth-order valence-corrected chi connectivity index (χ4v) is 5.22. The van der Waals surface area contributed by atoms with Gasteiger partial charge in [-0.15, -0.1) is 0 Å². The second-order valence-electron chi connectivity index (χ2n) is 9.04. The van der Waals surface area contributed by atoms with Crippen molar-refractivity contribution in [2.45, 2.75) is 51.0 Å². The van der Waals surface area contributed by atoms with Crippen LogP contribution in [0.15, 0.2) is 60.7 Å². The summed E-state index contributed by atoms with van der Waals surface area (Å²) in [4.78, 5) is 10.7. The molecule has 2 rings (SSSR count). The zero-order chi connectivity index (χ0) is 24.3. The topological polar surface area (TPSA) is 79.2 Å². The third-order valence-corrected chi connectivity index (χ3v) is 7.11. The van der Waals surface area contributed by atoms with Gasteiger partial charge >= 0.3 is 0 Å². The minimum Gasteiger partial charge on any atom is -0.369 e. The average molecular weight is 485 g/mol. The number of thioether (sulfide) groups is 1. The standard InChI is InChI=1S/C28H44N4OS/c1-2-3-18-32-28(21-25-12-6-4-7-13-25,22-26-14-8-5-9-15-26)24-34-20-19-30-16-10-11-17-31-23-27(29)33/h4-9,12-15,30-32H,2-3,10-11,16-24H2,1H3,(H2,29,33). The smallest absolute Gasteiger partial charge is 0.231 e. The zero-order valence-electron chi connectivity index (χ0n) is 20.9. The average Bonchev–Trinajstić information content (AvgIpc) is 2.84. The van der Waals surface area contributed by atoms with Crippen LogP contribution in [0.3, 0.4) is 0 Å². The molecule has 0 fully saturated rings. The lowest BCUT2D eigenvalue weighted by Crippen LogP contribution is -2.52. The summed E-state index contributed by atoms with van der Waals surface area (Å²) < 4.78 is 0. The molecule has 188 valence electrons. The number of rotatable bonds is 20. The van der Waals surface area contributed by atoms with Crippen molar-refractivity contribution >= 4 is 17.7 Å². The minimum absolute atomic E-state index is 0.0363. The van der Waals surface area contributed by atoms with Crippen LogP contribution in [0.25, 0.3) is 0 Å². The largest absolute Gasteiger partial charge is 0.369 e. The number of nitrogens with one attached hydrogen (secondary N) is 3. The maximum Gasteiger partial charge on any atom is 0.231 e. The summed E-state index contributed by atoms with van der Waals surface area (Å²) in [6, 6.07) is 21.8. The first-order valence-corrected chi connectivity index (χ1v) is 13.9. The number of benzene rings is 2. The summed E-state index contributed by atoms with van der Waals surface area (Å²) in [6.07, 6.45) is 6.62. The lowest BCUT2D eigenvalue weighted by Gasteiger charge is -2.36. The molecule has 0 unspecified atom stereocenters. The van der Waals surface area contributed by atoms with Crippen molar-refractivity contribution in [2.75, 3.05) is 44.2 Å². The maximum atomic E-state index is 10.7. The van der Waals surface area contributed by atoms with Crippen molar-refractivity contribution in [1.82, 2.24) is 16.0 Å². The highest BCUT2D eigenvalue weighted by Gasteiger charge is 2.30. The van der Waals surface area contributed by atoms with Crippen molar-refractivity contribution in [2.24, 2.45) is 5.73 Å². The summed E-state index contributed by atoms with van der Waals surface area (Å²) in [6.45, 7) is 6.44. The van der Waals surface area contributed by atoms with Gasteiger partial charge in [0.15, 0.2) is 0 Å². The van der Waals surface area contributed by atoms with Gasteiger partial charge in [-0.3, -0.25) is 4.79 Å². The molecule has 0 bridgehead atoms. The number of primary amides is 1. The molecule has 0 spiro atoms. The van der Waals surface area contributed by atoms with Crippen molar-refractivity contribution in [3.63, 3.8) is 0 Å². The summed E-state index contributed by atoms with van der Waals surface area (Å²) in [5.41, 5.74) is 7.96. The molecule has 0 saturated heterocycles. The van der Waals surface area contributed by atoms with E-state index < -0.39 is 0 Å². The molecule has 2 aromatic carbocycles. The van der Waals surface area contributed by atoms with E-state index in [9.17, 15) is 4.79 Å². The molecule has 1 amide bonds. The zero-order valence-corrected chi connectivity index (χ0v) is 21.7. The van der Waals surface area contributed by atoms with Crippen molar-refractivity contribution < 1.29 is 4.79 Å². The van der Waals surface area contributed by atoms with Crippen LogP contribution in [0.4, 0.5) is 0 Å². The van der Waals surface area contributed by atoms with Gasteiger partial charge in [-0.1, -0.05) is 74.0 Å². The Balaban J connectivity index is 1.86. The van der Waals surface area contributed by atoms with E-state index in [1.807, 2.05) is 11.8 Å². The Morgan fingerprint density at radius 2 is 1.41 bits per heavy atom. The van der Waals surface area contributed by atoms with Crippen LogP contribution in [-0.4, -0.2) is 55.7 Å². The van der Waals surface area contributed by atoms with Crippen LogP contribution in [0.2, 0.25) is 0 Å². The summed E-state index contributed by atoms with van der Waals surface area (Å²) >= 11 is 2.04. The molecule has 0 radical (unpaired) electrons. The number of hydrogen-bond donors (Lipinski definition) is 4. The van der Waals surface area contributed by atoms with Crippen molar-refractivity contribution in [3.8, 4) is 0 Å². The lowest BCUT2D eigenvalue weighted by molar-refractivity contribution is -0.117. The van der Waals surface area contributed by atoms with E-state index in [1.54, 1.807) is 0 Å². The van der Waals surface area contributed by atoms with Gasteiger partial charge in [0.2, 0.25) is 5.91 Å². The van der Waals surface area contributed by atoms with E-state index in [0.717, 1.165) is 63.4 Å². The number of carbonyl (C=O) groups is 1. The molecule has 0 atom stereocenters. The van der Waals surface area contributed by atoms with Crippen molar-refractivity contribution in [1.29, 1.82) is 0 Å². The van der Waals surface area contributed by atoms with Gasteiger partial charge in [-0.2, -0.15) is 11.8 Å². The summed E-state index contributed by atoms with van der Waals surface area (Å²) in [5.74, 6) is 1.88. The van der Waals surface area contributed by atoms with Gasteiger partial charge in [0.25, 0.3) is 0 Å². The SMILES string of the molecule is CCCCNC(CSCCNCCCCNCC(N)=O)(Cc1ccccc1)Cc1ccccc1. The molecule has 34 heavy (non-hydrogen) atoms. The molecule has 0 saturated carbocycles. The molecule has 0 aliphatic heterocycles. The molecular weight excluding hydrogens is 440 g/mol. The van der Waals surface area contributed by atoms with E-state index in [0.29, 0.717) is 0 Å². The number of nitrogens with two attached hydrogens (primary N) is 1. The first kappa shape index (κ1) is 28.4. The molecule has 0 aliphatic rings. The van der Waals surface area contributed by atoms with Gasteiger partial charge in [0.1, 0.15) is 0 Å². The Morgan fingerprint density at radius 1 is 0.824 bits per heavy atom. The van der Waals surface area contributed by atoms with Gasteiger partial charge in [-0.05, 0) is 62.9 Å². The predicted molar refractivity (Wildman–Crippen MR) is 147 cm³/mol. The predicted octanol–water partition coefficient (Wildman–Crippen LogP) is 3.78. The Bertz CT molecular complexity index is 731. The molecule has 6 heteroatoms. The van der Waals surface area contributed by atoms with Crippen LogP contribution in [0.1, 0.15) is 43.7 Å². The fraction of sp³-hybridized carbons (Fsp3) is 0.536. The number of amides is 1. The van der Waals surface area contributed by atoms with E-state index in [-0.39, 0.29) is 18.0 Å². The first-order valence-electron chi connectivity index (χ1n) is 12.7. The fourth-order valence-electron chi connectivity index (χ4n) is 4.09. The van der Waals surface area contributed by atoms with Crippen LogP contribution in [0.5, 0.6) is 0 Å². The Morgan fingerprint density at radius 3 is 1.97 bits per heavy atom. The molecule has 0 aliphatic carbocycles. The second kappa shape index (κ2) is 17.6. The lowest BCUT2D eigenvalue weighted by atomic mass is 9.86. The van der Waals surface area contributed by atoms with Crippen LogP contribution >= 0.6 is 11.8 Å². The quantitative estimate of drug-likeness (QED) is 0.215. The number of carbonyl (C=O) groups excluding carboxylic acids is 1. The third kappa shape index (κ3) is 12.6. The van der Waals surface area contributed by atoms with Gasteiger partial charge in [0.05, 0.1) is 6.54 Å². The third-order valence-electron chi connectivity index (χ3n) is 5.86. The summed E-state index contributed by atoms with van der Waals surface area (Å²) in [7, 11) is 0. The van der Waals surface area contributed by atoms with Crippen LogP contribution < -0.4 is 21.7 Å². The molecule has 0 aromatic heterocycles. The first-order chi connectivity index (χ1) is 16.6. The van der Waals surface area contributed by atoms with E-state index in [1.165, 1.54) is 24.0 Å². The molecule has 2 aromatic rings. The normalized spacial score (nSPS) is 11.6. The highest BCUT2D eigenvalue weighted by Crippen LogP contribution is 2.24. The number of hydrogen-bond acceptors (Lipinski definition) is 5. The Kier molecular flexibility index (Phi) is 14.7. The Hall–Kier alpha value is -1.86. The van der Waals surface area contributed by atoms with Gasteiger partial charge in [0, 0.05) is 23.6 Å². The van der Waals surface area contributed by atoms with Gasteiger partial charge in [-0.25, -0.2) is 0 Å². The molecule has 5 N–H and O–H groups in total. The van der Waals surface area contributed by atoms with Crippen molar-refractivity contribution in [3.05, 3.63) is 71.8 Å². The summed E-state index contributed by atoms with van der Waals surface area (Å²) in [5, 5.41) is 10.6. The maximum absolute atomic E-state index is 10.7. The molecule has 5 nitrogen and oxygen atoms in total. The Labute approximate surface area is 211 Å². The molecule has 0 heterocycles. The number of unbranched alkanes of at least 4 members (excludes halogenated alkanes) is 2. The second-order valence-corrected chi connectivity index (χ2v) is 10.1. The highest BCUT2D eigenvalue weighted by molar-refractivity contribution is 7.99. The van der Waals surface area contributed by atoms with Crippen LogP contribution in [0, 0.1) is 0 Å².